The van der Waals surface area contributed by atoms with Crippen LogP contribution in [0.25, 0.3) is 151 Å². The van der Waals surface area contributed by atoms with E-state index in [0.29, 0.717) is 116 Å². The monoisotopic (exact) mass is 1980 g/mol. The van der Waals surface area contributed by atoms with Crippen LogP contribution in [0.2, 0.25) is 40.2 Å². The van der Waals surface area contributed by atoms with Crippen molar-refractivity contribution < 1.29 is 37.4 Å². The van der Waals surface area contributed by atoms with Crippen molar-refractivity contribution in [2.75, 3.05) is 0 Å². The molecule has 0 radical (unpaired) electrons. The molecular formula is C91H53Cl8FN26O11. The van der Waals surface area contributed by atoms with Gasteiger partial charge in [0.25, 0.3) is 28.5 Å². The highest BCUT2D eigenvalue weighted by Gasteiger charge is 2.26. The van der Waals surface area contributed by atoms with Gasteiger partial charge in [-0.3, -0.25) is 52.4 Å². The Hall–Kier alpha value is -17.0. The second-order valence-corrected chi connectivity index (χ2v) is 31.4. The maximum Gasteiger partial charge on any atom is 0.294 e. The van der Waals surface area contributed by atoms with Gasteiger partial charge in [-0.1, -0.05) is 146 Å². The van der Waals surface area contributed by atoms with Crippen molar-refractivity contribution in [1.82, 2.24) is 130 Å². The lowest BCUT2D eigenvalue weighted by Crippen LogP contribution is -2.04. The van der Waals surface area contributed by atoms with Crippen molar-refractivity contribution in [2.24, 2.45) is 0 Å². The van der Waals surface area contributed by atoms with Gasteiger partial charge in [0.1, 0.15) is 11.5 Å². The number of phenolic OH excluding ortho intramolecular Hbond substituents is 1. The summed E-state index contributed by atoms with van der Waals surface area (Å²) in [5.74, 6) is 8.50. The molecule has 0 aliphatic carbocycles. The molecule has 13 heterocycles. The quantitative estimate of drug-likeness (QED) is 0.0392. The van der Waals surface area contributed by atoms with Crippen molar-refractivity contribution >= 4 is 129 Å². The third-order valence-electron chi connectivity index (χ3n) is 19.1. The van der Waals surface area contributed by atoms with Crippen molar-refractivity contribution in [3.8, 4) is 144 Å². The highest BCUT2D eigenvalue weighted by molar-refractivity contribution is 6.39. The Kier molecular flexibility index (Phi) is 27.5. The fourth-order valence-corrected chi connectivity index (χ4v) is 14.7. The minimum atomic E-state index is -0.508. The maximum atomic E-state index is 13.4. The van der Waals surface area contributed by atoms with Crippen LogP contribution < -0.4 is 22.2 Å². The summed E-state index contributed by atoms with van der Waals surface area (Å²) in [6.07, 6.45) is 13.9. The Bertz CT molecular complexity index is 8350. The van der Waals surface area contributed by atoms with E-state index < -0.39 is 11.1 Å². The molecule has 0 unspecified atom stereocenters. The summed E-state index contributed by atoms with van der Waals surface area (Å²) in [4.78, 5) is 63.9. The SMILES string of the molecule is Cc1ccc(-c2nnc(C#Cc3nnc(-c4cc(O)[nH]c(=O)c4)o3)n2-c2ccccc2Cl)cn1.O=c1cc(-c2nnc(/C=C/c3nnc(-c4ccc(Cl)c(O)c4Cl)n3-c3ccccc3Cl)o2)nc[nH]1.O=c1cc(-c2nnc(/C=C/c3nnc(-c4ccc(Cl)cc4Cl)n3-c3ccccc3Cl)o2)cc(O)[nH]1.O=c1cc(-c2nnc(/C=C/c3nnc(-c4ccc(F)cc4)n3-c3ccccc3Cl)o2)cc[nH]1. The third kappa shape index (κ3) is 21.2. The molecule has 7 aromatic carbocycles. The minimum absolute atomic E-state index is 0.0120. The summed E-state index contributed by atoms with van der Waals surface area (Å²) < 4.78 is 42.6. The van der Waals surface area contributed by atoms with E-state index in [9.17, 15) is 38.9 Å². The molecule has 0 spiro atoms. The molecule has 0 aliphatic heterocycles. The predicted molar refractivity (Wildman–Crippen MR) is 507 cm³/mol. The topological polar surface area (TPSA) is 496 Å². The van der Waals surface area contributed by atoms with E-state index in [0.717, 1.165) is 11.3 Å². The standard InChI is InChI=1S/C23H13Cl3N6O3.C23H14ClFN6O2.C23H14ClN7O3.C22H12Cl3N7O3/c24-13-5-6-14(16(26)11-13)22-30-28-18(32(22)17-4-2-1-3-15(17)25)7-8-21-29-31-23(35-21)12-9-19(33)27-20(34)10-12;24-17-3-1-2-4-18(17)31-19(27-29-22(31)14-5-7-16(25)8-6-14)9-10-21-28-30-23(33-21)15-11-12-26-20(32)13-15;1-13-6-7-14(12-25-13)22-29-27-18(31(22)17-5-3-2-4-16(17)24)8-9-21-28-30-23(34-21)15-10-19(32)26-20(33)11-15;23-12-3-1-2-4-15(12)32-16(28-30-21(32)11-5-6-13(24)20(34)19(11)25)7-8-18-29-31-22(35-18)14-9-17(33)27-10-26-14/h1-11H,(H2,27,33,34);1-13H,(H,26,32);2-7,10-12H,1H3,(H2,26,32,33);1-10,34H,(H,26,27,33)/b8-7+;10-9+;;8-7+. The molecule has 0 amide bonds. The van der Waals surface area contributed by atoms with Crippen LogP contribution in [-0.4, -0.2) is 145 Å². The second kappa shape index (κ2) is 41.0. The van der Waals surface area contributed by atoms with Crippen LogP contribution >= 0.6 is 92.8 Å². The van der Waals surface area contributed by atoms with E-state index in [2.05, 4.69) is 123 Å². The van der Waals surface area contributed by atoms with Gasteiger partial charge in [0.2, 0.25) is 46.7 Å². The molecule has 0 saturated heterocycles. The number of aromatic amines is 4. The maximum absolute atomic E-state index is 13.4. The second-order valence-electron chi connectivity index (χ2n) is 28.2. The van der Waals surface area contributed by atoms with Crippen LogP contribution in [-0.2, 0) is 0 Å². The van der Waals surface area contributed by atoms with E-state index in [1.165, 1.54) is 79.3 Å². The van der Waals surface area contributed by atoms with Crippen molar-refractivity contribution in [3.05, 3.63) is 365 Å². The lowest BCUT2D eigenvalue weighted by molar-refractivity contribution is 0.451. The Labute approximate surface area is 806 Å². The van der Waals surface area contributed by atoms with Crippen LogP contribution in [0.3, 0.4) is 0 Å². The highest BCUT2D eigenvalue weighted by Crippen LogP contribution is 2.42. The van der Waals surface area contributed by atoms with Gasteiger partial charge < -0.3 is 43.0 Å². The largest absolute Gasteiger partial charge is 0.505 e. The van der Waals surface area contributed by atoms with Gasteiger partial charge in [0, 0.05) is 123 Å². The summed E-state index contributed by atoms with van der Waals surface area (Å²) in [5, 5.41) is 97.9. The number of benzene rings is 7. The van der Waals surface area contributed by atoms with Gasteiger partial charge in [-0.15, -0.1) is 76.5 Å². The molecule has 137 heavy (non-hydrogen) atoms. The van der Waals surface area contributed by atoms with E-state index in [1.54, 1.807) is 134 Å². The predicted octanol–water partition coefficient (Wildman–Crippen LogP) is 18.2. The molecule has 20 rings (SSSR count). The molecule has 676 valence electrons. The molecule has 20 aromatic rings. The average molecular weight is 1990 g/mol. The number of para-hydroxylation sites is 4. The Balaban J connectivity index is 0.000000127. The molecule has 37 nitrogen and oxygen atoms in total. The number of H-pyrrole nitrogens is 4. The average Bonchev–Trinajstić information content (AvgIpc) is 1.65. The van der Waals surface area contributed by atoms with Crippen LogP contribution in [0.15, 0.2) is 262 Å². The summed E-state index contributed by atoms with van der Waals surface area (Å²) in [7, 11) is 0. The van der Waals surface area contributed by atoms with E-state index in [-0.39, 0.29) is 114 Å². The molecule has 0 bridgehead atoms. The van der Waals surface area contributed by atoms with Crippen LogP contribution in [0.5, 0.6) is 17.5 Å². The van der Waals surface area contributed by atoms with E-state index in [1.807, 2.05) is 73.7 Å². The first-order chi connectivity index (χ1) is 66.4. The Morgan fingerprint density at radius 3 is 1.35 bits per heavy atom. The Morgan fingerprint density at radius 1 is 0.365 bits per heavy atom. The molecule has 0 saturated carbocycles. The third-order valence-corrected chi connectivity index (χ3v) is 21.6. The number of rotatable bonds is 18. The zero-order valence-electron chi connectivity index (χ0n) is 69.2. The van der Waals surface area contributed by atoms with Gasteiger partial charge in [-0.2, -0.15) is 0 Å². The van der Waals surface area contributed by atoms with E-state index in [4.69, 9.17) is 110 Å². The summed E-state index contributed by atoms with van der Waals surface area (Å²) >= 11 is 50.7. The van der Waals surface area contributed by atoms with Crippen LogP contribution in [0.1, 0.15) is 52.6 Å². The van der Waals surface area contributed by atoms with Gasteiger partial charge >= 0.3 is 0 Å². The molecule has 0 fully saturated rings. The number of hydrogen-bond donors (Lipinski definition) is 7. The van der Waals surface area contributed by atoms with E-state index >= 15 is 0 Å². The number of aryl methyl sites for hydroxylation is 1. The number of halogens is 9. The van der Waals surface area contributed by atoms with Gasteiger partial charge in [0.15, 0.2) is 58.3 Å². The Morgan fingerprint density at radius 2 is 0.825 bits per heavy atom. The molecule has 7 N–H and O–H groups in total. The lowest BCUT2D eigenvalue weighted by Gasteiger charge is -2.12. The van der Waals surface area contributed by atoms with Crippen molar-refractivity contribution in [1.29, 1.82) is 0 Å². The first kappa shape index (κ1) is 91.8. The zero-order valence-corrected chi connectivity index (χ0v) is 75.2. The molecule has 0 aliphatic rings. The number of aromatic nitrogens is 26. The molecule has 46 heteroatoms. The number of aromatic hydroxyl groups is 3. The smallest absolute Gasteiger partial charge is 0.294 e. The number of nitrogens with one attached hydrogen (secondary N) is 4. The zero-order chi connectivity index (χ0) is 95.5. The normalized spacial score (nSPS) is 11.2. The van der Waals surface area contributed by atoms with Crippen LogP contribution in [0, 0.1) is 24.6 Å². The van der Waals surface area contributed by atoms with Crippen molar-refractivity contribution in [2.45, 2.75) is 6.92 Å². The molecular weight excluding hydrogens is 1940 g/mol. The lowest BCUT2D eigenvalue weighted by atomic mass is 10.2. The van der Waals surface area contributed by atoms with Gasteiger partial charge in [-0.25, -0.2) is 9.37 Å². The fourth-order valence-electron chi connectivity index (χ4n) is 12.9. The fraction of sp³-hybridized carbons (Fsp3) is 0.0110. The summed E-state index contributed by atoms with van der Waals surface area (Å²) in [6.45, 7) is 1.89. The van der Waals surface area contributed by atoms with Crippen molar-refractivity contribution in [3.63, 3.8) is 0 Å². The highest BCUT2D eigenvalue weighted by atomic mass is 35.5. The molecule has 0 atom stereocenters. The first-order valence-corrected chi connectivity index (χ1v) is 42.5. The first-order valence-electron chi connectivity index (χ1n) is 39.5. The van der Waals surface area contributed by atoms with Gasteiger partial charge in [-0.05, 0) is 152 Å². The summed E-state index contributed by atoms with van der Waals surface area (Å²) in [5.41, 5.74) is 5.39. The van der Waals surface area contributed by atoms with Crippen LogP contribution in [0.4, 0.5) is 4.39 Å². The minimum Gasteiger partial charge on any atom is -0.505 e. The summed E-state index contributed by atoms with van der Waals surface area (Å²) in [6, 6.07) is 56.0. The number of nitrogens with zero attached hydrogens (tertiary/aromatic N) is 22. The molecule has 13 aromatic heterocycles. The number of pyridine rings is 4. The van der Waals surface area contributed by atoms with Gasteiger partial charge in [0.05, 0.1) is 64.2 Å². The number of phenols is 1. The number of hydrogen-bond acceptors (Lipinski definition) is 29.